The molecule has 2 aromatic rings. The van der Waals surface area contributed by atoms with Gasteiger partial charge in [-0.1, -0.05) is 113 Å². The summed E-state index contributed by atoms with van der Waals surface area (Å²) < 4.78 is 6.96. The third kappa shape index (κ3) is 6.96. The average Bonchev–Trinajstić information content (AvgIpc) is 2.76. The van der Waals surface area contributed by atoms with Crippen LogP contribution in [0.25, 0.3) is 0 Å². The lowest BCUT2D eigenvalue weighted by atomic mass is 9.72. The number of aliphatic hydroxyl groups excluding tert-OH is 3. The quantitative estimate of drug-likeness (QED) is 0.375. The van der Waals surface area contributed by atoms with Gasteiger partial charge in [0.1, 0.15) is 11.9 Å². The van der Waals surface area contributed by atoms with Crippen molar-refractivity contribution in [1.82, 2.24) is 0 Å². The second-order valence-electron chi connectivity index (χ2n) is 14.8. The molecule has 2 aromatic carbocycles. The Morgan fingerprint density at radius 3 is 1.35 bits per heavy atom. The Bertz CT molecular complexity index is 1040. The van der Waals surface area contributed by atoms with E-state index in [1.54, 1.807) is 0 Å². The van der Waals surface area contributed by atoms with E-state index in [0.29, 0.717) is 5.75 Å². The third-order valence-electron chi connectivity index (χ3n) is 7.41. The Morgan fingerprint density at radius 2 is 0.973 bits per heavy atom. The molecule has 0 aliphatic carbocycles. The SMILES string of the molecule is CC(C)(C)c1ccc(C(C)(C)C)c(OC(c2cc(C(C)(C)C)ccc2C(C)(C)C)C(CO)(CO)CO)c1. The van der Waals surface area contributed by atoms with Crippen molar-refractivity contribution in [1.29, 1.82) is 0 Å². The van der Waals surface area contributed by atoms with Crippen LogP contribution in [0, 0.1) is 5.41 Å². The molecule has 2 rings (SSSR count). The molecule has 1 atom stereocenters. The fourth-order valence-corrected chi connectivity index (χ4v) is 4.68. The first-order valence-electron chi connectivity index (χ1n) is 13.5. The fraction of sp³-hybridized carbons (Fsp3) is 0.636. The Kier molecular flexibility index (Phi) is 9.07. The van der Waals surface area contributed by atoms with Gasteiger partial charge in [-0.3, -0.25) is 0 Å². The minimum absolute atomic E-state index is 0.0885. The Hall–Kier alpha value is -1.88. The van der Waals surface area contributed by atoms with Crippen molar-refractivity contribution in [2.45, 2.75) is 111 Å². The van der Waals surface area contributed by atoms with Crippen LogP contribution in [0.5, 0.6) is 5.75 Å². The summed E-state index contributed by atoms with van der Waals surface area (Å²) in [5.41, 5.74) is 3.35. The zero-order chi connectivity index (χ0) is 28.6. The summed E-state index contributed by atoms with van der Waals surface area (Å²) in [6, 6.07) is 12.8. The summed E-state index contributed by atoms with van der Waals surface area (Å²) in [6.07, 6.45) is -0.777. The van der Waals surface area contributed by atoms with Crippen LogP contribution in [0.15, 0.2) is 36.4 Å². The number of benzene rings is 2. The van der Waals surface area contributed by atoms with Crippen molar-refractivity contribution < 1.29 is 20.1 Å². The van der Waals surface area contributed by atoms with Gasteiger partial charge in [0, 0.05) is 0 Å². The highest BCUT2D eigenvalue weighted by molar-refractivity contribution is 5.46. The normalized spacial score (nSPS) is 14.6. The molecular formula is C33H52O4. The topological polar surface area (TPSA) is 69.9 Å². The van der Waals surface area contributed by atoms with Crippen LogP contribution < -0.4 is 4.74 Å². The predicted molar refractivity (Wildman–Crippen MR) is 155 cm³/mol. The van der Waals surface area contributed by atoms with E-state index in [1.165, 1.54) is 0 Å². The van der Waals surface area contributed by atoms with Crippen LogP contribution in [0.2, 0.25) is 0 Å². The molecule has 1 unspecified atom stereocenters. The van der Waals surface area contributed by atoms with Crippen LogP contribution in [0.4, 0.5) is 0 Å². The maximum absolute atomic E-state index is 10.6. The first kappa shape index (κ1) is 31.3. The molecule has 4 heteroatoms. The maximum Gasteiger partial charge on any atom is 0.136 e. The highest BCUT2D eigenvalue weighted by Crippen LogP contribution is 2.45. The second-order valence-corrected chi connectivity index (χ2v) is 14.8. The lowest BCUT2D eigenvalue weighted by Gasteiger charge is -2.41. The van der Waals surface area contributed by atoms with Gasteiger partial charge in [-0.2, -0.15) is 0 Å². The van der Waals surface area contributed by atoms with Crippen molar-refractivity contribution in [3.63, 3.8) is 0 Å². The standard InChI is InChI=1S/C33H52O4/c1-29(2,3)22-13-15-25(31(7,8)9)24(17-22)28(33(19-34,20-35)21-36)37-27-18-23(30(4,5)6)14-16-26(27)32(10,11)12/h13-18,28,34-36H,19-21H2,1-12H3. The van der Waals surface area contributed by atoms with Crippen molar-refractivity contribution in [3.05, 3.63) is 64.2 Å². The summed E-state index contributed by atoms with van der Waals surface area (Å²) in [7, 11) is 0. The molecule has 4 nitrogen and oxygen atoms in total. The van der Waals surface area contributed by atoms with Gasteiger partial charge in [0.2, 0.25) is 0 Å². The van der Waals surface area contributed by atoms with Gasteiger partial charge in [0.25, 0.3) is 0 Å². The highest BCUT2D eigenvalue weighted by atomic mass is 16.5. The Labute approximate surface area is 226 Å². The molecule has 0 radical (unpaired) electrons. The van der Waals surface area contributed by atoms with E-state index in [4.69, 9.17) is 4.74 Å². The van der Waals surface area contributed by atoms with E-state index in [0.717, 1.165) is 27.8 Å². The van der Waals surface area contributed by atoms with Crippen LogP contribution >= 0.6 is 0 Å². The minimum atomic E-state index is -1.29. The molecule has 0 fully saturated rings. The van der Waals surface area contributed by atoms with Crippen molar-refractivity contribution in [3.8, 4) is 5.75 Å². The summed E-state index contributed by atoms with van der Waals surface area (Å²) in [6.45, 7) is 24.7. The monoisotopic (exact) mass is 512 g/mol. The molecule has 0 aliphatic heterocycles. The lowest BCUT2D eigenvalue weighted by Crippen LogP contribution is -2.44. The summed E-state index contributed by atoms with van der Waals surface area (Å²) >= 11 is 0. The smallest absolute Gasteiger partial charge is 0.136 e. The van der Waals surface area contributed by atoms with Crippen LogP contribution in [-0.4, -0.2) is 35.1 Å². The molecule has 208 valence electrons. The number of rotatable bonds is 7. The molecule has 0 heterocycles. The van der Waals surface area contributed by atoms with E-state index >= 15 is 0 Å². The molecular weight excluding hydrogens is 460 g/mol. The zero-order valence-corrected chi connectivity index (χ0v) is 25.4. The van der Waals surface area contributed by atoms with Gasteiger partial charge >= 0.3 is 0 Å². The van der Waals surface area contributed by atoms with Crippen molar-refractivity contribution >= 4 is 0 Å². The van der Waals surface area contributed by atoms with Gasteiger partial charge < -0.3 is 20.1 Å². The van der Waals surface area contributed by atoms with E-state index in [-0.39, 0.29) is 21.7 Å². The first-order chi connectivity index (χ1) is 16.7. The molecule has 0 saturated heterocycles. The molecule has 37 heavy (non-hydrogen) atoms. The molecule has 0 saturated carbocycles. The molecule has 0 amide bonds. The van der Waals surface area contributed by atoms with E-state index in [1.807, 2.05) is 0 Å². The minimum Gasteiger partial charge on any atom is -0.485 e. The number of hydrogen-bond donors (Lipinski definition) is 3. The van der Waals surface area contributed by atoms with Crippen LogP contribution in [0.3, 0.4) is 0 Å². The molecule has 0 aliphatic rings. The van der Waals surface area contributed by atoms with E-state index in [9.17, 15) is 15.3 Å². The fourth-order valence-electron chi connectivity index (χ4n) is 4.68. The van der Waals surface area contributed by atoms with Crippen LogP contribution in [0.1, 0.15) is 117 Å². The Morgan fingerprint density at radius 1 is 0.568 bits per heavy atom. The van der Waals surface area contributed by atoms with Gasteiger partial charge in [-0.15, -0.1) is 0 Å². The van der Waals surface area contributed by atoms with E-state index < -0.39 is 31.3 Å². The molecule has 0 aromatic heterocycles. The first-order valence-corrected chi connectivity index (χ1v) is 13.5. The van der Waals surface area contributed by atoms with Gasteiger partial charge in [0.15, 0.2) is 0 Å². The molecule has 0 spiro atoms. The van der Waals surface area contributed by atoms with Crippen LogP contribution in [-0.2, 0) is 21.7 Å². The number of ether oxygens (including phenoxy) is 1. The summed E-state index contributed by atoms with van der Waals surface area (Å²) in [5.74, 6) is 0.714. The molecule has 3 N–H and O–H groups in total. The van der Waals surface area contributed by atoms with Crippen molar-refractivity contribution in [2.24, 2.45) is 5.41 Å². The van der Waals surface area contributed by atoms with Gasteiger partial charge in [-0.05, 0) is 55.5 Å². The summed E-state index contributed by atoms with van der Waals surface area (Å²) in [4.78, 5) is 0. The van der Waals surface area contributed by atoms with E-state index in [2.05, 4.69) is 119 Å². The van der Waals surface area contributed by atoms with Gasteiger partial charge in [-0.25, -0.2) is 0 Å². The Balaban J connectivity index is 2.97. The average molecular weight is 513 g/mol. The predicted octanol–water partition coefficient (Wildman–Crippen LogP) is 6.96. The highest BCUT2D eigenvalue weighted by Gasteiger charge is 2.44. The summed E-state index contributed by atoms with van der Waals surface area (Å²) in [5, 5.41) is 31.9. The third-order valence-corrected chi connectivity index (χ3v) is 7.41. The number of hydrogen-bond acceptors (Lipinski definition) is 4. The van der Waals surface area contributed by atoms with Crippen molar-refractivity contribution in [2.75, 3.05) is 19.8 Å². The molecule has 0 bridgehead atoms. The maximum atomic E-state index is 10.6. The second kappa shape index (κ2) is 10.7. The largest absolute Gasteiger partial charge is 0.485 e. The number of aliphatic hydroxyl groups is 3. The zero-order valence-electron chi connectivity index (χ0n) is 25.4. The van der Waals surface area contributed by atoms with Gasteiger partial charge in [0.05, 0.1) is 25.2 Å². The lowest BCUT2D eigenvalue weighted by molar-refractivity contribution is -0.0752.